The molecule has 0 aromatic heterocycles. The highest BCUT2D eigenvalue weighted by molar-refractivity contribution is 7.89. The minimum absolute atomic E-state index is 0.149. The molecule has 0 unspecified atom stereocenters. The molecule has 0 fully saturated rings. The van der Waals surface area contributed by atoms with Gasteiger partial charge in [0.25, 0.3) is 0 Å². The molecule has 7 nitrogen and oxygen atoms in total. The van der Waals surface area contributed by atoms with Crippen molar-refractivity contribution in [1.82, 2.24) is 10.0 Å². The van der Waals surface area contributed by atoms with Crippen LogP contribution in [0, 0.1) is 11.2 Å². The van der Waals surface area contributed by atoms with Gasteiger partial charge in [0.15, 0.2) is 0 Å². The van der Waals surface area contributed by atoms with Crippen molar-refractivity contribution in [2.24, 2.45) is 5.41 Å². The number of rotatable bonds is 7. The van der Waals surface area contributed by atoms with Crippen LogP contribution in [0.1, 0.15) is 20.8 Å². The third-order valence-electron chi connectivity index (χ3n) is 3.13. The van der Waals surface area contributed by atoms with Gasteiger partial charge in [-0.3, -0.25) is 9.59 Å². The first kappa shape index (κ1) is 19.0. The Morgan fingerprint density at radius 3 is 2.26 bits per heavy atom. The van der Waals surface area contributed by atoms with Crippen LogP contribution in [0.3, 0.4) is 0 Å². The number of hydrogen-bond acceptors (Lipinski definition) is 4. The average molecular weight is 346 g/mol. The number of carboxylic acids is 1. The molecule has 0 aliphatic rings. The lowest BCUT2D eigenvalue weighted by atomic mass is 9.94. The molecule has 9 heteroatoms. The Labute approximate surface area is 133 Å². The van der Waals surface area contributed by atoms with Crippen LogP contribution in [0.15, 0.2) is 29.2 Å². The van der Waals surface area contributed by atoms with Crippen molar-refractivity contribution in [3.05, 3.63) is 30.1 Å². The second-order valence-corrected chi connectivity index (χ2v) is 7.42. The van der Waals surface area contributed by atoms with Crippen LogP contribution in [0.5, 0.6) is 0 Å². The Balaban J connectivity index is 2.71. The van der Waals surface area contributed by atoms with Gasteiger partial charge in [-0.15, -0.1) is 0 Å². The SMILES string of the molecule is C[C@@H](NS(=O)(=O)c1ccc(F)cc1)C(=O)NCC(C)(C)C(=O)O. The first-order valence-electron chi connectivity index (χ1n) is 6.75. The van der Waals surface area contributed by atoms with Gasteiger partial charge < -0.3 is 10.4 Å². The topological polar surface area (TPSA) is 113 Å². The van der Waals surface area contributed by atoms with Gasteiger partial charge in [-0.2, -0.15) is 4.72 Å². The maximum Gasteiger partial charge on any atom is 0.310 e. The van der Waals surface area contributed by atoms with Crippen molar-refractivity contribution in [2.75, 3.05) is 6.54 Å². The van der Waals surface area contributed by atoms with Crippen molar-refractivity contribution in [3.63, 3.8) is 0 Å². The van der Waals surface area contributed by atoms with Crippen LogP contribution in [0.25, 0.3) is 0 Å². The van der Waals surface area contributed by atoms with E-state index in [1.54, 1.807) is 0 Å². The molecule has 0 radical (unpaired) electrons. The number of hydrogen-bond donors (Lipinski definition) is 3. The molecule has 0 aliphatic carbocycles. The molecular weight excluding hydrogens is 327 g/mol. The van der Waals surface area contributed by atoms with Gasteiger partial charge in [0, 0.05) is 6.54 Å². The smallest absolute Gasteiger partial charge is 0.310 e. The van der Waals surface area contributed by atoms with E-state index in [1.807, 2.05) is 0 Å². The zero-order valence-corrected chi connectivity index (χ0v) is 13.8. The molecule has 0 saturated heterocycles. The molecule has 0 bridgehead atoms. The summed E-state index contributed by atoms with van der Waals surface area (Å²) < 4.78 is 39.1. The lowest BCUT2D eigenvalue weighted by Gasteiger charge is -2.21. The molecule has 23 heavy (non-hydrogen) atoms. The largest absolute Gasteiger partial charge is 0.481 e. The fraction of sp³-hybridized carbons (Fsp3) is 0.429. The van der Waals surface area contributed by atoms with Crippen LogP contribution in [-0.2, 0) is 19.6 Å². The van der Waals surface area contributed by atoms with Gasteiger partial charge in [-0.1, -0.05) is 0 Å². The van der Waals surface area contributed by atoms with Crippen molar-refractivity contribution in [3.8, 4) is 0 Å². The van der Waals surface area contributed by atoms with Crippen molar-refractivity contribution >= 4 is 21.9 Å². The summed E-state index contributed by atoms with van der Waals surface area (Å²) in [5, 5.41) is 11.3. The van der Waals surface area contributed by atoms with Crippen LogP contribution in [0.4, 0.5) is 4.39 Å². The van der Waals surface area contributed by atoms with Crippen LogP contribution >= 0.6 is 0 Å². The Kier molecular flexibility index (Phi) is 5.84. The molecule has 1 amide bonds. The second-order valence-electron chi connectivity index (χ2n) is 5.70. The molecule has 0 heterocycles. The number of aliphatic carboxylic acids is 1. The molecule has 0 spiro atoms. The molecule has 0 aliphatic heterocycles. The van der Waals surface area contributed by atoms with Gasteiger partial charge in [-0.05, 0) is 45.0 Å². The van der Waals surface area contributed by atoms with Crippen molar-refractivity contribution in [2.45, 2.75) is 31.7 Å². The minimum atomic E-state index is -3.99. The Morgan fingerprint density at radius 1 is 1.26 bits per heavy atom. The highest BCUT2D eigenvalue weighted by atomic mass is 32.2. The number of carbonyl (C=O) groups excluding carboxylic acids is 1. The summed E-state index contributed by atoms with van der Waals surface area (Å²) in [5.41, 5.74) is -1.18. The maximum atomic E-state index is 12.8. The van der Waals surface area contributed by atoms with Crippen molar-refractivity contribution in [1.29, 1.82) is 0 Å². The van der Waals surface area contributed by atoms with E-state index in [-0.39, 0.29) is 11.4 Å². The number of sulfonamides is 1. The average Bonchev–Trinajstić information content (AvgIpc) is 2.44. The van der Waals surface area contributed by atoms with Gasteiger partial charge in [0.05, 0.1) is 16.4 Å². The number of benzene rings is 1. The third kappa shape index (κ3) is 5.29. The predicted octanol–water partition coefficient (Wildman–Crippen LogP) is 0.719. The molecular formula is C14H19FN2O5S. The fourth-order valence-corrected chi connectivity index (χ4v) is 2.71. The Morgan fingerprint density at radius 2 is 1.78 bits per heavy atom. The van der Waals surface area contributed by atoms with E-state index < -0.39 is 39.2 Å². The van der Waals surface area contributed by atoms with E-state index >= 15 is 0 Å². The predicted molar refractivity (Wildman–Crippen MR) is 80.6 cm³/mol. The molecule has 128 valence electrons. The Bertz CT molecular complexity index is 686. The number of amides is 1. The maximum absolute atomic E-state index is 12.8. The van der Waals surface area contributed by atoms with Gasteiger partial charge >= 0.3 is 5.97 Å². The zero-order valence-electron chi connectivity index (χ0n) is 13.0. The summed E-state index contributed by atoms with van der Waals surface area (Å²) in [6, 6.07) is 3.03. The van der Waals surface area contributed by atoms with E-state index in [4.69, 9.17) is 5.11 Å². The van der Waals surface area contributed by atoms with E-state index in [0.717, 1.165) is 24.3 Å². The highest BCUT2D eigenvalue weighted by Crippen LogP contribution is 2.13. The molecule has 1 aromatic carbocycles. The van der Waals surface area contributed by atoms with E-state index in [2.05, 4.69) is 10.0 Å². The first-order chi connectivity index (χ1) is 10.5. The number of nitrogens with one attached hydrogen (secondary N) is 2. The number of carboxylic acid groups (broad SMARTS) is 1. The quantitative estimate of drug-likeness (QED) is 0.673. The normalized spacial score (nSPS) is 13.4. The van der Waals surface area contributed by atoms with Crippen molar-refractivity contribution < 1.29 is 27.5 Å². The molecule has 0 saturated carbocycles. The molecule has 1 atom stereocenters. The number of carbonyl (C=O) groups is 2. The summed E-state index contributed by atoms with van der Waals surface area (Å²) in [4.78, 5) is 22.7. The monoisotopic (exact) mass is 346 g/mol. The van der Waals surface area contributed by atoms with Gasteiger partial charge in [0.1, 0.15) is 5.82 Å². The van der Waals surface area contributed by atoms with Gasteiger partial charge in [-0.25, -0.2) is 12.8 Å². The minimum Gasteiger partial charge on any atom is -0.481 e. The van der Waals surface area contributed by atoms with Crippen LogP contribution in [0.2, 0.25) is 0 Å². The second kappa shape index (κ2) is 7.05. The van der Waals surface area contributed by atoms with E-state index in [1.165, 1.54) is 20.8 Å². The fourth-order valence-electron chi connectivity index (χ4n) is 1.50. The highest BCUT2D eigenvalue weighted by Gasteiger charge is 2.29. The summed E-state index contributed by atoms with van der Waals surface area (Å²) in [5.74, 6) is -2.33. The molecule has 3 N–H and O–H groups in total. The van der Waals surface area contributed by atoms with Crippen LogP contribution < -0.4 is 10.0 Å². The first-order valence-corrected chi connectivity index (χ1v) is 8.23. The van der Waals surface area contributed by atoms with Gasteiger partial charge in [0.2, 0.25) is 15.9 Å². The zero-order chi connectivity index (χ0) is 17.8. The van der Waals surface area contributed by atoms with Crippen LogP contribution in [-0.4, -0.2) is 38.0 Å². The summed E-state index contributed by atoms with van der Waals surface area (Å²) in [6.45, 7) is 4.04. The van der Waals surface area contributed by atoms with E-state index in [0.29, 0.717) is 0 Å². The lowest BCUT2D eigenvalue weighted by molar-refractivity contribution is -0.146. The third-order valence-corrected chi connectivity index (χ3v) is 4.69. The molecule has 1 rings (SSSR count). The molecule has 1 aromatic rings. The van der Waals surface area contributed by atoms with E-state index in [9.17, 15) is 22.4 Å². The summed E-state index contributed by atoms with van der Waals surface area (Å²) in [7, 11) is -3.99. The lowest BCUT2D eigenvalue weighted by Crippen LogP contribution is -2.48. The Hall–Kier alpha value is -2.00. The standard InChI is InChI=1S/C14H19FN2O5S/c1-9(12(18)16-8-14(2,3)13(19)20)17-23(21,22)11-6-4-10(15)5-7-11/h4-7,9,17H,8H2,1-3H3,(H,16,18)(H,19,20)/t9-/m1/s1. The number of halogens is 1. The summed E-state index contributed by atoms with van der Waals surface area (Å²) >= 11 is 0. The summed E-state index contributed by atoms with van der Waals surface area (Å²) in [6.07, 6.45) is 0.